The molecule has 2 N–H and O–H groups in total. The first-order valence-electron chi connectivity index (χ1n) is 7.54. The highest BCUT2D eigenvalue weighted by atomic mass is 19.1. The van der Waals surface area contributed by atoms with Crippen LogP contribution in [0.1, 0.15) is 37.3 Å². The predicted molar refractivity (Wildman–Crippen MR) is 75.2 cm³/mol. The van der Waals surface area contributed by atoms with Crippen molar-refractivity contribution in [3.63, 3.8) is 0 Å². The van der Waals surface area contributed by atoms with Crippen molar-refractivity contribution in [3.8, 4) is 0 Å². The standard InChI is InChI=1S/C16H22F2N2/c17-13-5-6-14(15(18)7-13)16(19)10-20(8-11-1-2-11)9-12-3-4-12/h5-7,11-12,16H,1-4,8-10,19H2. The van der Waals surface area contributed by atoms with Crippen molar-refractivity contribution in [2.75, 3.05) is 19.6 Å². The highest BCUT2D eigenvalue weighted by Gasteiger charge is 2.30. The minimum Gasteiger partial charge on any atom is -0.323 e. The maximum Gasteiger partial charge on any atom is 0.130 e. The van der Waals surface area contributed by atoms with E-state index in [-0.39, 0.29) is 6.04 Å². The van der Waals surface area contributed by atoms with Gasteiger partial charge in [-0.15, -0.1) is 0 Å². The SMILES string of the molecule is NC(CN(CC1CC1)CC1CC1)c1ccc(F)cc1F. The minimum absolute atomic E-state index is 0.381. The molecule has 0 heterocycles. The molecule has 1 unspecified atom stereocenters. The molecule has 2 aliphatic carbocycles. The van der Waals surface area contributed by atoms with E-state index < -0.39 is 11.6 Å². The topological polar surface area (TPSA) is 29.3 Å². The molecule has 3 rings (SSSR count). The molecule has 4 heteroatoms. The Balaban J connectivity index is 1.62. The first-order chi connectivity index (χ1) is 9.61. The van der Waals surface area contributed by atoms with Gasteiger partial charge in [-0.1, -0.05) is 6.07 Å². The molecule has 0 radical (unpaired) electrons. The van der Waals surface area contributed by atoms with Gasteiger partial charge in [0, 0.05) is 37.3 Å². The van der Waals surface area contributed by atoms with Gasteiger partial charge in [0.25, 0.3) is 0 Å². The van der Waals surface area contributed by atoms with Crippen molar-refractivity contribution in [1.29, 1.82) is 0 Å². The van der Waals surface area contributed by atoms with Crippen molar-refractivity contribution < 1.29 is 8.78 Å². The molecule has 0 aromatic heterocycles. The molecule has 1 aromatic rings. The lowest BCUT2D eigenvalue weighted by Gasteiger charge is -2.26. The summed E-state index contributed by atoms with van der Waals surface area (Å²) in [5.74, 6) is 0.527. The second-order valence-corrected chi connectivity index (χ2v) is 6.38. The van der Waals surface area contributed by atoms with Crippen molar-refractivity contribution in [1.82, 2.24) is 4.90 Å². The summed E-state index contributed by atoms with van der Waals surface area (Å²) >= 11 is 0. The fourth-order valence-electron chi connectivity index (χ4n) is 2.73. The molecule has 20 heavy (non-hydrogen) atoms. The second kappa shape index (κ2) is 5.78. The normalized spacial score (nSPS) is 20.4. The molecule has 2 nitrogen and oxygen atoms in total. The zero-order valence-corrected chi connectivity index (χ0v) is 11.7. The molecule has 0 spiro atoms. The van der Waals surface area contributed by atoms with Crippen LogP contribution in [0.5, 0.6) is 0 Å². The van der Waals surface area contributed by atoms with E-state index in [9.17, 15) is 8.78 Å². The van der Waals surface area contributed by atoms with E-state index in [4.69, 9.17) is 5.73 Å². The first kappa shape index (κ1) is 14.0. The molecule has 1 atom stereocenters. The fourth-order valence-corrected chi connectivity index (χ4v) is 2.73. The number of rotatable bonds is 7. The van der Waals surface area contributed by atoms with Gasteiger partial charge in [-0.3, -0.25) is 0 Å². The Morgan fingerprint density at radius 2 is 1.70 bits per heavy atom. The van der Waals surface area contributed by atoms with Crippen molar-refractivity contribution in [3.05, 3.63) is 35.4 Å². The van der Waals surface area contributed by atoms with Crippen LogP contribution < -0.4 is 5.73 Å². The molecule has 2 fully saturated rings. The van der Waals surface area contributed by atoms with E-state index in [1.165, 1.54) is 37.8 Å². The summed E-state index contributed by atoms with van der Waals surface area (Å²) in [6, 6.07) is 3.29. The Kier molecular flexibility index (Phi) is 4.03. The lowest BCUT2D eigenvalue weighted by atomic mass is 10.1. The summed E-state index contributed by atoms with van der Waals surface area (Å²) in [6.45, 7) is 2.82. The third-order valence-electron chi connectivity index (χ3n) is 4.24. The maximum atomic E-state index is 13.8. The van der Waals surface area contributed by atoms with Crippen LogP contribution in [-0.2, 0) is 0 Å². The van der Waals surface area contributed by atoms with Gasteiger partial charge in [0.2, 0.25) is 0 Å². The smallest absolute Gasteiger partial charge is 0.130 e. The van der Waals surface area contributed by atoms with Crippen LogP contribution in [-0.4, -0.2) is 24.5 Å². The summed E-state index contributed by atoms with van der Waals surface area (Å²) in [4.78, 5) is 2.38. The minimum atomic E-state index is -0.550. The molecule has 2 saturated carbocycles. The van der Waals surface area contributed by atoms with Crippen LogP contribution in [0.4, 0.5) is 8.78 Å². The predicted octanol–water partition coefficient (Wildman–Crippen LogP) is 3.09. The highest BCUT2D eigenvalue weighted by Crippen LogP contribution is 2.34. The number of hydrogen-bond donors (Lipinski definition) is 1. The van der Waals surface area contributed by atoms with E-state index in [2.05, 4.69) is 4.90 Å². The fraction of sp³-hybridized carbons (Fsp3) is 0.625. The largest absolute Gasteiger partial charge is 0.323 e. The van der Waals surface area contributed by atoms with E-state index in [0.717, 1.165) is 31.0 Å². The lowest BCUT2D eigenvalue weighted by Crippen LogP contribution is -2.35. The van der Waals surface area contributed by atoms with Crippen molar-refractivity contribution >= 4 is 0 Å². The third-order valence-corrected chi connectivity index (χ3v) is 4.24. The number of hydrogen-bond acceptors (Lipinski definition) is 2. The van der Waals surface area contributed by atoms with Gasteiger partial charge >= 0.3 is 0 Å². The Bertz CT molecular complexity index is 456. The summed E-state index contributed by atoms with van der Waals surface area (Å²) in [5.41, 5.74) is 6.55. The average Bonchev–Trinajstić information content (AvgIpc) is 3.24. The second-order valence-electron chi connectivity index (χ2n) is 6.38. The van der Waals surface area contributed by atoms with Gasteiger partial charge in [0.15, 0.2) is 0 Å². The molecule has 110 valence electrons. The Morgan fingerprint density at radius 1 is 1.10 bits per heavy atom. The Morgan fingerprint density at radius 3 is 2.20 bits per heavy atom. The van der Waals surface area contributed by atoms with E-state index >= 15 is 0 Å². The van der Waals surface area contributed by atoms with E-state index in [1.807, 2.05) is 0 Å². The van der Waals surface area contributed by atoms with Gasteiger partial charge in [0.05, 0.1) is 0 Å². The third kappa shape index (κ3) is 3.76. The van der Waals surface area contributed by atoms with Gasteiger partial charge in [-0.2, -0.15) is 0 Å². The molecule has 1 aromatic carbocycles. The van der Waals surface area contributed by atoms with Crippen LogP contribution in [0, 0.1) is 23.5 Å². The molecule has 0 bridgehead atoms. The maximum absolute atomic E-state index is 13.8. The lowest BCUT2D eigenvalue weighted by molar-refractivity contribution is 0.236. The first-order valence-corrected chi connectivity index (χ1v) is 7.54. The average molecular weight is 280 g/mol. The summed E-state index contributed by atoms with van der Waals surface area (Å²) in [7, 11) is 0. The number of nitrogens with two attached hydrogens (primary N) is 1. The molecule has 2 aliphatic rings. The summed E-state index contributed by atoms with van der Waals surface area (Å²) in [6.07, 6.45) is 5.23. The van der Waals surface area contributed by atoms with Crippen molar-refractivity contribution in [2.45, 2.75) is 31.7 Å². The van der Waals surface area contributed by atoms with Gasteiger partial charge in [-0.05, 0) is 43.6 Å². The van der Waals surface area contributed by atoms with Crippen LogP contribution in [0.3, 0.4) is 0 Å². The molecule has 0 amide bonds. The van der Waals surface area contributed by atoms with Crippen LogP contribution >= 0.6 is 0 Å². The molecule has 0 saturated heterocycles. The Hall–Kier alpha value is -1.00. The quantitative estimate of drug-likeness (QED) is 0.831. The monoisotopic (exact) mass is 280 g/mol. The zero-order chi connectivity index (χ0) is 14.1. The van der Waals surface area contributed by atoms with E-state index in [0.29, 0.717) is 12.1 Å². The van der Waals surface area contributed by atoms with Crippen LogP contribution in [0.2, 0.25) is 0 Å². The summed E-state index contributed by atoms with van der Waals surface area (Å²) < 4.78 is 26.7. The van der Waals surface area contributed by atoms with Crippen LogP contribution in [0.25, 0.3) is 0 Å². The number of nitrogens with zero attached hydrogens (tertiary/aromatic N) is 1. The summed E-state index contributed by atoms with van der Waals surface area (Å²) in [5, 5.41) is 0. The van der Waals surface area contributed by atoms with Crippen LogP contribution in [0.15, 0.2) is 18.2 Å². The number of halogens is 2. The van der Waals surface area contributed by atoms with Gasteiger partial charge in [0.1, 0.15) is 11.6 Å². The molecule has 0 aliphatic heterocycles. The van der Waals surface area contributed by atoms with Gasteiger partial charge < -0.3 is 10.6 Å². The van der Waals surface area contributed by atoms with E-state index in [1.54, 1.807) is 0 Å². The highest BCUT2D eigenvalue weighted by molar-refractivity contribution is 5.22. The Labute approximate surface area is 118 Å². The molecular formula is C16H22F2N2. The van der Waals surface area contributed by atoms with Crippen molar-refractivity contribution in [2.24, 2.45) is 17.6 Å². The zero-order valence-electron chi connectivity index (χ0n) is 11.7. The molecular weight excluding hydrogens is 258 g/mol. The number of benzene rings is 1. The van der Waals surface area contributed by atoms with Gasteiger partial charge in [-0.25, -0.2) is 8.78 Å².